The number of ether oxygens (including phenoxy) is 2. The van der Waals surface area contributed by atoms with Crippen LogP contribution in [0.1, 0.15) is 16.0 Å². The predicted octanol–water partition coefficient (Wildman–Crippen LogP) is 4.78. The minimum absolute atomic E-state index is 0.167. The molecule has 0 bridgehead atoms. The van der Waals surface area contributed by atoms with E-state index in [2.05, 4.69) is 20.7 Å². The van der Waals surface area contributed by atoms with E-state index in [0.717, 1.165) is 11.3 Å². The summed E-state index contributed by atoms with van der Waals surface area (Å²) in [7, 11) is 1.59. The Morgan fingerprint density at radius 2 is 1.65 bits per heavy atom. The number of halogens is 3. The Balaban J connectivity index is 2.29. The molecular weight excluding hydrogens is 330 g/mol. The molecule has 0 aromatic heterocycles. The molecule has 2 nitrogen and oxygen atoms in total. The third-order valence-corrected chi connectivity index (χ3v) is 3.84. The van der Waals surface area contributed by atoms with E-state index >= 15 is 0 Å². The van der Waals surface area contributed by atoms with Crippen LogP contribution in [0.3, 0.4) is 0 Å². The van der Waals surface area contributed by atoms with Gasteiger partial charge in [-0.25, -0.2) is 0 Å². The van der Waals surface area contributed by atoms with Gasteiger partial charge in [0.1, 0.15) is 11.5 Å². The Morgan fingerprint density at radius 3 is 2.25 bits per heavy atom. The van der Waals surface area contributed by atoms with Gasteiger partial charge in [0.25, 0.3) is 0 Å². The van der Waals surface area contributed by atoms with Gasteiger partial charge in [0, 0.05) is 5.56 Å². The molecule has 2 aromatic carbocycles. The van der Waals surface area contributed by atoms with Crippen LogP contribution >= 0.6 is 15.9 Å². The van der Waals surface area contributed by atoms with Crippen molar-refractivity contribution in [1.82, 2.24) is 0 Å². The van der Waals surface area contributed by atoms with Gasteiger partial charge in [0.05, 0.1) is 11.9 Å². The van der Waals surface area contributed by atoms with Crippen molar-refractivity contribution in [3.63, 3.8) is 0 Å². The summed E-state index contributed by atoms with van der Waals surface area (Å²) in [6.45, 7) is -2.84. The maximum atomic E-state index is 12.4. The first kappa shape index (κ1) is 14.8. The van der Waals surface area contributed by atoms with Crippen LogP contribution in [0.2, 0.25) is 0 Å². The lowest BCUT2D eigenvalue weighted by atomic mass is 10.0. The smallest absolute Gasteiger partial charge is 0.387 e. The Hall–Kier alpha value is -1.62. The summed E-state index contributed by atoms with van der Waals surface area (Å²) in [6.07, 6.45) is 0. The van der Waals surface area contributed by atoms with Gasteiger partial charge in [-0.3, -0.25) is 0 Å². The van der Waals surface area contributed by atoms with Gasteiger partial charge in [-0.2, -0.15) is 8.78 Å². The fraction of sp³-hybridized carbons (Fsp3) is 0.200. The van der Waals surface area contributed by atoms with E-state index in [1.165, 1.54) is 6.07 Å². The number of hydrogen-bond acceptors (Lipinski definition) is 2. The maximum Gasteiger partial charge on any atom is 0.387 e. The summed E-state index contributed by atoms with van der Waals surface area (Å²) in [5, 5.41) is 0. The number of alkyl halides is 3. The molecule has 0 aliphatic heterocycles. The number of hydrogen-bond donors (Lipinski definition) is 0. The largest absolute Gasteiger partial charge is 0.497 e. The molecule has 0 saturated heterocycles. The Morgan fingerprint density at radius 1 is 1.00 bits per heavy atom. The molecule has 0 aliphatic rings. The normalized spacial score (nSPS) is 12.2. The van der Waals surface area contributed by atoms with E-state index in [-0.39, 0.29) is 10.6 Å². The maximum absolute atomic E-state index is 12.4. The van der Waals surface area contributed by atoms with Crippen LogP contribution in [0.15, 0.2) is 48.5 Å². The van der Waals surface area contributed by atoms with Crippen molar-refractivity contribution in [3.05, 3.63) is 59.7 Å². The van der Waals surface area contributed by atoms with E-state index in [0.29, 0.717) is 5.56 Å². The van der Waals surface area contributed by atoms with Gasteiger partial charge in [-0.1, -0.05) is 46.3 Å². The van der Waals surface area contributed by atoms with Crippen molar-refractivity contribution < 1.29 is 18.3 Å². The predicted molar refractivity (Wildman–Crippen MR) is 76.8 cm³/mol. The highest BCUT2D eigenvalue weighted by Crippen LogP contribution is 2.37. The second kappa shape index (κ2) is 6.70. The second-order valence-electron chi connectivity index (χ2n) is 4.05. The molecule has 2 rings (SSSR count). The topological polar surface area (TPSA) is 18.5 Å². The van der Waals surface area contributed by atoms with Gasteiger partial charge in [0.2, 0.25) is 0 Å². The summed E-state index contributed by atoms with van der Waals surface area (Å²) >= 11 is 3.52. The van der Waals surface area contributed by atoms with Gasteiger partial charge in [-0.05, 0) is 23.8 Å². The molecule has 1 atom stereocenters. The minimum Gasteiger partial charge on any atom is -0.497 e. The summed E-state index contributed by atoms with van der Waals surface area (Å²) in [5.74, 6) is 0.908. The van der Waals surface area contributed by atoms with E-state index in [9.17, 15) is 8.78 Å². The molecule has 0 amide bonds. The first-order chi connectivity index (χ1) is 9.61. The molecule has 106 valence electrons. The molecule has 2 aromatic rings. The second-order valence-corrected chi connectivity index (χ2v) is 4.97. The minimum atomic E-state index is -2.84. The number of para-hydroxylation sites is 1. The molecule has 5 heteroatoms. The highest BCUT2D eigenvalue weighted by molar-refractivity contribution is 9.09. The zero-order valence-electron chi connectivity index (χ0n) is 10.7. The molecule has 0 N–H and O–H groups in total. The highest BCUT2D eigenvalue weighted by Gasteiger charge is 2.17. The van der Waals surface area contributed by atoms with E-state index in [1.54, 1.807) is 25.3 Å². The van der Waals surface area contributed by atoms with Crippen LogP contribution in [-0.4, -0.2) is 13.7 Å². The molecule has 0 saturated carbocycles. The van der Waals surface area contributed by atoms with Crippen LogP contribution in [0.25, 0.3) is 0 Å². The molecular formula is C15H13BrF2O2. The van der Waals surface area contributed by atoms with E-state index < -0.39 is 6.61 Å². The lowest BCUT2D eigenvalue weighted by molar-refractivity contribution is -0.0503. The number of methoxy groups -OCH3 is 1. The summed E-state index contributed by atoms with van der Waals surface area (Å²) < 4.78 is 34.5. The third kappa shape index (κ3) is 3.48. The molecule has 0 radical (unpaired) electrons. The Bertz CT molecular complexity index is 558. The first-order valence-electron chi connectivity index (χ1n) is 5.93. The van der Waals surface area contributed by atoms with Crippen LogP contribution < -0.4 is 9.47 Å². The van der Waals surface area contributed by atoms with Crippen LogP contribution in [0.4, 0.5) is 8.78 Å². The summed E-state index contributed by atoms with van der Waals surface area (Å²) in [6, 6.07) is 14.1. The van der Waals surface area contributed by atoms with Crippen molar-refractivity contribution in [1.29, 1.82) is 0 Å². The van der Waals surface area contributed by atoms with Gasteiger partial charge < -0.3 is 9.47 Å². The van der Waals surface area contributed by atoms with Crippen molar-refractivity contribution in [3.8, 4) is 11.5 Å². The van der Waals surface area contributed by atoms with Crippen LogP contribution in [-0.2, 0) is 0 Å². The number of rotatable bonds is 5. The SMILES string of the molecule is COc1ccc(C(Br)c2ccccc2OC(F)F)cc1. The third-order valence-electron chi connectivity index (χ3n) is 2.82. The zero-order valence-corrected chi connectivity index (χ0v) is 12.3. The van der Waals surface area contributed by atoms with Gasteiger partial charge in [0.15, 0.2) is 0 Å². The standard InChI is InChI=1S/C15H13BrF2O2/c1-19-11-8-6-10(7-9-11)14(16)12-4-2-3-5-13(12)20-15(17)18/h2-9,14-15H,1H3. The molecule has 0 fully saturated rings. The molecule has 0 aliphatic carbocycles. The lowest BCUT2D eigenvalue weighted by Gasteiger charge is -2.16. The fourth-order valence-corrected chi connectivity index (χ4v) is 2.53. The first-order valence-corrected chi connectivity index (χ1v) is 6.85. The lowest BCUT2D eigenvalue weighted by Crippen LogP contribution is -2.05. The molecule has 0 spiro atoms. The molecule has 1 unspecified atom stereocenters. The Kier molecular flexibility index (Phi) is 4.95. The molecule has 0 heterocycles. The van der Waals surface area contributed by atoms with Gasteiger partial charge >= 0.3 is 6.61 Å². The summed E-state index contributed by atoms with van der Waals surface area (Å²) in [5.41, 5.74) is 1.58. The monoisotopic (exact) mass is 342 g/mol. The van der Waals surface area contributed by atoms with E-state index in [4.69, 9.17) is 4.74 Å². The summed E-state index contributed by atoms with van der Waals surface area (Å²) in [4.78, 5) is -0.233. The van der Waals surface area contributed by atoms with E-state index in [1.807, 2.05) is 24.3 Å². The van der Waals surface area contributed by atoms with Crippen molar-refractivity contribution in [2.24, 2.45) is 0 Å². The quantitative estimate of drug-likeness (QED) is 0.728. The average molecular weight is 343 g/mol. The average Bonchev–Trinajstić information content (AvgIpc) is 2.46. The molecule has 20 heavy (non-hydrogen) atoms. The Labute approximate surface area is 124 Å². The van der Waals surface area contributed by atoms with Crippen LogP contribution in [0.5, 0.6) is 11.5 Å². The highest BCUT2D eigenvalue weighted by atomic mass is 79.9. The van der Waals surface area contributed by atoms with Crippen molar-refractivity contribution in [2.75, 3.05) is 7.11 Å². The number of benzene rings is 2. The fourth-order valence-electron chi connectivity index (χ4n) is 1.85. The van der Waals surface area contributed by atoms with Crippen molar-refractivity contribution >= 4 is 15.9 Å². The van der Waals surface area contributed by atoms with Gasteiger partial charge in [-0.15, -0.1) is 0 Å². The van der Waals surface area contributed by atoms with Crippen LogP contribution in [0, 0.1) is 0 Å². The zero-order chi connectivity index (χ0) is 14.5. The van der Waals surface area contributed by atoms with Crippen molar-refractivity contribution in [2.45, 2.75) is 11.4 Å².